The lowest BCUT2D eigenvalue weighted by atomic mass is 10.00. The lowest BCUT2D eigenvalue weighted by Gasteiger charge is -2.19. The van der Waals surface area contributed by atoms with Crippen molar-refractivity contribution in [2.45, 2.75) is 38.6 Å². The molecule has 2 amide bonds. The average molecular weight is 509 g/mol. The van der Waals surface area contributed by atoms with Gasteiger partial charge in [0, 0.05) is 25.6 Å². The van der Waals surface area contributed by atoms with Crippen LogP contribution in [0.1, 0.15) is 30.9 Å². The zero-order valence-electron chi connectivity index (χ0n) is 21.7. The smallest absolute Gasteiger partial charge is 0.326 e. The number of fused-ring (bicyclic) bond motifs is 1. The first kappa shape index (κ1) is 26.6. The van der Waals surface area contributed by atoms with Crippen LogP contribution >= 0.6 is 0 Å². The Balaban J connectivity index is 1.44. The van der Waals surface area contributed by atoms with Crippen molar-refractivity contribution in [3.8, 4) is 11.1 Å². The summed E-state index contributed by atoms with van der Waals surface area (Å²) in [4.78, 5) is 38.2. The van der Waals surface area contributed by atoms with Gasteiger partial charge in [-0.2, -0.15) is 0 Å². The second kappa shape index (κ2) is 12.2. The first-order valence-corrected chi connectivity index (χ1v) is 12.8. The fourth-order valence-electron chi connectivity index (χ4n) is 4.44. The number of rotatable bonds is 10. The summed E-state index contributed by atoms with van der Waals surface area (Å²) in [5.74, 6) is -1.31. The number of nitrogens with one attached hydrogen (secondary N) is 1. The van der Waals surface area contributed by atoms with E-state index in [4.69, 9.17) is 0 Å². The van der Waals surface area contributed by atoms with Crippen LogP contribution in [0.25, 0.3) is 21.9 Å². The van der Waals surface area contributed by atoms with E-state index in [0.29, 0.717) is 19.3 Å². The Bertz CT molecular complexity index is 1450. The Kier molecular flexibility index (Phi) is 8.54. The molecule has 0 heterocycles. The van der Waals surface area contributed by atoms with Crippen molar-refractivity contribution in [2.75, 3.05) is 11.9 Å². The molecule has 0 aromatic heterocycles. The Morgan fingerprint density at radius 3 is 2.24 bits per heavy atom. The van der Waals surface area contributed by atoms with Gasteiger partial charge in [0.15, 0.2) is 0 Å². The molecule has 4 aromatic carbocycles. The zero-order chi connectivity index (χ0) is 27.1. The van der Waals surface area contributed by atoms with Crippen LogP contribution in [0.15, 0.2) is 91.0 Å². The van der Waals surface area contributed by atoms with Crippen LogP contribution in [0, 0.1) is 0 Å². The summed E-state index contributed by atoms with van der Waals surface area (Å²) >= 11 is 0. The van der Waals surface area contributed by atoms with Crippen molar-refractivity contribution in [3.05, 3.63) is 102 Å². The van der Waals surface area contributed by atoms with Crippen LogP contribution in [-0.2, 0) is 27.2 Å². The maximum Gasteiger partial charge on any atom is 0.326 e. The standard InChI is InChI=1S/C32H32N2O4/c1-3-7-30(35)33-29(32(37)38)19-22-12-15-25(16-13-22)27-10-6-11-28(21-27)34(2)31(36)20-23-14-17-24-8-4-5-9-26(24)18-23/h4-6,8-18,21,29H,3,7,19-20H2,1-2H3,(H,33,35)(H,37,38). The van der Waals surface area contributed by atoms with Gasteiger partial charge in [-0.3, -0.25) is 9.59 Å². The maximum absolute atomic E-state index is 13.1. The van der Waals surface area contributed by atoms with Crippen LogP contribution in [0.4, 0.5) is 5.69 Å². The second-order valence-electron chi connectivity index (χ2n) is 9.47. The molecule has 0 spiro atoms. The van der Waals surface area contributed by atoms with Gasteiger partial charge in [-0.05, 0) is 51.6 Å². The zero-order valence-corrected chi connectivity index (χ0v) is 21.7. The molecule has 0 aliphatic carbocycles. The van der Waals surface area contributed by atoms with E-state index in [2.05, 4.69) is 17.4 Å². The first-order valence-electron chi connectivity index (χ1n) is 12.8. The van der Waals surface area contributed by atoms with Gasteiger partial charge in [0.05, 0.1) is 6.42 Å². The lowest BCUT2D eigenvalue weighted by molar-refractivity contribution is -0.141. The summed E-state index contributed by atoms with van der Waals surface area (Å²) in [6, 6.07) is 28.6. The molecule has 1 atom stereocenters. The Hall–Kier alpha value is -4.45. The van der Waals surface area contributed by atoms with Gasteiger partial charge < -0.3 is 15.3 Å². The van der Waals surface area contributed by atoms with Gasteiger partial charge in [0.1, 0.15) is 6.04 Å². The molecule has 0 bridgehead atoms. The minimum absolute atomic E-state index is 0.00221. The highest BCUT2D eigenvalue weighted by Crippen LogP contribution is 2.26. The van der Waals surface area contributed by atoms with Crippen molar-refractivity contribution >= 4 is 34.2 Å². The van der Waals surface area contributed by atoms with E-state index < -0.39 is 12.0 Å². The summed E-state index contributed by atoms with van der Waals surface area (Å²) in [6.45, 7) is 1.88. The van der Waals surface area contributed by atoms with E-state index in [1.165, 1.54) is 0 Å². The van der Waals surface area contributed by atoms with E-state index in [9.17, 15) is 19.5 Å². The monoisotopic (exact) mass is 508 g/mol. The largest absolute Gasteiger partial charge is 0.480 e. The lowest BCUT2D eigenvalue weighted by Crippen LogP contribution is -2.42. The predicted molar refractivity (Wildman–Crippen MR) is 151 cm³/mol. The summed E-state index contributed by atoms with van der Waals surface area (Å²) < 4.78 is 0. The fourth-order valence-corrected chi connectivity index (χ4v) is 4.44. The molecule has 38 heavy (non-hydrogen) atoms. The Morgan fingerprint density at radius 2 is 1.53 bits per heavy atom. The number of amides is 2. The number of likely N-dealkylation sites (N-methyl/N-ethyl adjacent to an activating group) is 1. The highest BCUT2D eigenvalue weighted by Gasteiger charge is 2.20. The molecule has 6 nitrogen and oxygen atoms in total. The molecule has 194 valence electrons. The summed E-state index contributed by atoms with van der Waals surface area (Å²) in [5, 5.41) is 14.4. The molecule has 4 rings (SSSR count). The summed E-state index contributed by atoms with van der Waals surface area (Å²) in [7, 11) is 1.78. The molecular formula is C32H32N2O4. The molecule has 1 unspecified atom stereocenters. The molecule has 6 heteroatoms. The van der Waals surface area contributed by atoms with E-state index >= 15 is 0 Å². The van der Waals surface area contributed by atoms with Crippen molar-refractivity contribution in [1.82, 2.24) is 5.32 Å². The number of benzene rings is 4. The maximum atomic E-state index is 13.1. The molecule has 0 aliphatic rings. The number of nitrogens with zero attached hydrogens (tertiary/aromatic N) is 1. The molecule has 4 aromatic rings. The quantitative estimate of drug-likeness (QED) is 0.291. The molecule has 0 radical (unpaired) electrons. The van der Waals surface area contributed by atoms with E-state index in [1.54, 1.807) is 11.9 Å². The van der Waals surface area contributed by atoms with Crippen molar-refractivity contribution < 1.29 is 19.5 Å². The Morgan fingerprint density at radius 1 is 0.816 bits per heavy atom. The number of hydrogen-bond acceptors (Lipinski definition) is 3. The predicted octanol–water partition coefficient (Wildman–Crippen LogP) is 5.62. The van der Waals surface area contributed by atoms with Crippen LogP contribution in [0.3, 0.4) is 0 Å². The Labute approximate surface area is 222 Å². The van der Waals surface area contributed by atoms with E-state index in [0.717, 1.165) is 38.7 Å². The van der Waals surface area contributed by atoms with Crippen molar-refractivity contribution in [2.24, 2.45) is 0 Å². The molecular weight excluding hydrogens is 476 g/mol. The molecule has 2 N–H and O–H groups in total. The first-order chi connectivity index (χ1) is 18.3. The third-order valence-corrected chi connectivity index (χ3v) is 6.61. The van der Waals surface area contributed by atoms with Gasteiger partial charge in [0.25, 0.3) is 0 Å². The SMILES string of the molecule is CCCC(=O)NC(Cc1ccc(-c2cccc(N(C)C(=O)Cc3ccc4ccccc4c3)c2)cc1)C(=O)O. The van der Waals surface area contributed by atoms with Gasteiger partial charge in [0.2, 0.25) is 11.8 Å². The van der Waals surface area contributed by atoms with Crippen LogP contribution in [0.2, 0.25) is 0 Å². The minimum atomic E-state index is -1.05. The van der Waals surface area contributed by atoms with Crippen LogP contribution in [-0.4, -0.2) is 36.0 Å². The highest BCUT2D eigenvalue weighted by atomic mass is 16.4. The molecule has 0 saturated carbocycles. The number of carboxylic acids is 1. The number of carbonyl (C=O) groups is 3. The van der Waals surface area contributed by atoms with Gasteiger partial charge in [-0.1, -0.05) is 85.8 Å². The van der Waals surface area contributed by atoms with E-state index in [-0.39, 0.29) is 18.2 Å². The van der Waals surface area contributed by atoms with Crippen LogP contribution in [0.5, 0.6) is 0 Å². The molecule has 0 saturated heterocycles. The average Bonchev–Trinajstić information content (AvgIpc) is 2.92. The second-order valence-corrected chi connectivity index (χ2v) is 9.47. The summed E-state index contributed by atoms with van der Waals surface area (Å²) in [5.41, 5.74) is 4.48. The number of anilines is 1. The topological polar surface area (TPSA) is 86.7 Å². The highest BCUT2D eigenvalue weighted by molar-refractivity contribution is 5.95. The minimum Gasteiger partial charge on any atom is -0.480 e. The van der Waals surface area contributed by atoms with Gasteiger partial charge in [-0.25, -0.2) is 4.79 Å². The number of hydrogen-bond donors (Lipinski definition) is 2. The van der Waals surface area contributed by atoms with E-state index in [1.807, 2.05) is 85.8 Å². The number of carboxylic acid groups (broad SMARTS) is 1. The normalized spacial score (nSPS) is 11.6. The summed E-state index contributed by atoms with van der Waals surface area (Å²) in [6.07, 6.45) is 1.48. The van der Waals surface area contributed by atoms with Gasteiger partial charge in [-0.15, -0.1) is 0 Å². The van der Waals surface area contributed by atoms with Gasteiger partial charge >= 0.3 is 5.97 Å². The van der Waals surface area contributed by atoms with Crippen molar-refractivity contribution in [3.63, 3.8) is 0 Å². The number of carbonyl (C=O) groups excluding carboxylic acids is 2. The molecule has 0 fully saturated rings. The fraction of sp³-hybridized carbons (Fsp3) is 0.219. The number of aliphatic carboxylic acids is 1. The van der Waals surface area contributed by atoms with Crippen molar-refractivity contribution in [1.29, 1.82) is 0 Å². The molecule has 0 aliphatic heterocycles. The van der Waals surface area contributed by atoms with Crippen LogP contribution < -0.4 is 10.2 Å². The third kappa shape index (κ3) is 6.65. The third-order valence-electron chi connectivity index (χ3n) is 6.61.